The highest BCUT2D eigenvalue weighted by molar-refractivity contribution is 5.96. The molecule has 0 unspecified atom stereocenters. The van der Waals surface area contributed by atoms with Crippen LogP contribution in [0.5, 0.6) is 5.75 Å². The molecule has 0 saturated carbocycles. The van der Waals surface area contributed by atoms with Crippen LogP contribution in [0.1, 0.15) is 5.69 Å². The minimum Gasteiger partial charge on any atom is -0.494 e. The third-order valence-corrected chi connectivity index (χ3v) is 3.25. The molecule has 0 aliphatic carbocycles. The molecule has 0 saturated heterocycles. The number of rotatable bonds is 3. The van der Waals surface area contributed by atoms with Gasteiger partial charge in [-0.1, -0.05) is 18.2 Å². The van der Waals surface area contributed by atoms with Gasteiger partial charge < -0.3 is 10.1 Å². The van der Waals surface area contributed by atoms with E-state index in [0.29, 0.717) is 5.69 Å². The number of methoxy groups -OCH3 is 1. The molecule has 0 radical (unpaired) electrons. The summed E-state index contributed by atoms with van der Waals surface area (Å²) in [7, 11) is 1.62. The Kier molecular flexibility index (Phi) is 3.44. The summed E-state index contributed by atoms with van der Waals surface area (Å²) in [5, 5.41) is 4.18. The van der Waals surface area contributed by atoms with Gasteiger partial charge in [0.25, 0.3) is 0 Å². The van der Waals surface area contributed by atoms with E-state index in [1.165, 1.54) is 12.1 Å². The molecule has 0 atom stereocenters. The van der Waals surface area contributed by atoms with E-state index >= 15 is 0 Å². The second kappa shape index (κ2) is 5.40. The zero-order valence-corrected chi connectivity index (χ0v) is 11.9. The van der Waals surface area contributed by atoms with Gasteiger partial charge in [-0.3, -0.25) is 0 Å². The fourth-order valence-electron chi connectivity index (χ4n) is 2.34. The van der Waals surface area contributed by atoms with Gasteiger partial charge in [0.1, 0.15) is 17.1 Å². The zero-order chi connectivity index (χ0) is 14.8. The van der Waals surface area contributed by atoms with Crippen LogP contribution in [0.15, 0.2) is 48.5 Å². The molecule has 0 aliphatic rings. The number of hydrogen-bond acceptors (Lipinski definition) is 3. The van der Waals surface area contributed by atoms with Gasteiger partial charge in [0.15, 0.2) is 0 Å². The maximum absolute atomic E-state index is 13.3. The van der Waals surface area contributed by atoms with Gasteiger partial charge in [0.05, 0.1) is 7.11 Å². The highest BCUT2D eigenvalue weighted by Gasteiger charge is 2.09. The molecular formula is C17H15FN2O. The van der Waals surface area contributed by atoms with Crippen LogP contribution in [0.2, 0.25) is 0 Å². The van der Waals surface area contributed by atoms with Crippen molar-refractivity contribution in [3.63, 3.8) is 0 Å². The average Bonchev–Trinajstić information content (AvgIpc) is 2.46. The summed E-state index contributed by atoms with van der Waals surface area (Å²) >= 11 is 0. The Labute approximate surface area is 122 Å². The van der Waals surface area contributed by atoms with Gasteiger partial charge in [-0.15, -0.1) is 0 Å². The number of ether oxygens (including phenoxy) is 1. The molecule has 4 heteroatoms. The molecule has 0 bridgehead atoms. The Morgan fingerprint density at radius 1 is 1.10 bits per heavy atom. The number of anilines is 2. The smallest absolute Gasteiger partial charge is 0.145 e. The first-order valence-corrected chi connectivity index (χ1v) is 6.64. The van der Waals surface area contributed by atoms with Gasteiger partial charge in [-0.25, -0.2) is 9.37 Å². The van der Waals surface area contributed by atoms with Crippen LogP contribution in [0.3, 0.4) is 0 Å². The van der Waals surface area contributed by atoms with E-state index in [0.717, 1.165) is 28.0 Å². The Morgan fingerprint density at radius 2 is 1.90 bits per heavy atom. The van der Waals surface area contributed by atoms with E-state index in [-0.39, 0.29) is 5.82 Å². The lowest BCUT2D eigenvalue weighted by atomic mass is 10.1. The predicted molar refractivity (Wildman–Crippen MR) is 82.7 cm³/mol. The van der Waals surface area contributed by atoms with Crippen LogP contribution >= 0.6 is 0 Å². The molecular weight excluding hydrogens is 267 g/mol. The van der Waals surface area contributed by atoms with Crippen molar-refractivity contribution < 1.29 is 9.13 Å². The predicted octanol–water partition coefficient (Wildman–Crippen LogP) is 4.43. The SMILES string of the molecule is COc1cccc2c(Nc3cccc(F)c3)cc(C)nc12. The molecule has 0 amide bonds. The molecule has 106 valence electrons. The Morgan fingerprint density at radius 3 is 2.67 bits per heavy atom. The van der Waals surface area contributed by atoms with Crippen molar-refractivity contribution in [2.45, 2.75) is 6.92 Å². The lowest BCUT2D eigenvalue weighted by Gasteiger charge is -2.12. The van der Waals surface area contributed by atoms with E-state index in [9.17, 15) is 4.39 Å². The Balaban J connectivity index is 2.14. The Bertz CT molecular complexity index is 802. The highest BCUT2D eigenvalue weighted by atomic mass is 19.1. The molecule has 1 N–H and O–H groups in total. The van der Waals surface area contributed by atoms with E-state index in [1.807, 2.05) is 37.3 Å². The summed E-state index contributed by atoms with van der Waals surface area (Å²) in [5.74, 6) is 0.450. The van der Waals surface area contributed by atoms with Gasteiger partial charge in [0.2, 0.25) is 0 Å². The fourth-order valence-corrected chi connectivity index (χ4v) is 2.34. The molecule has 0 fully saturated rings. The molecule has 0 aliphatic heterocycles. The number of aryl methyl sites for hydroxylation is 1. The van der Waals surface area contributed by atoms with E-state index in [4.69, 9.17) is 4.74 Å². The van der Waals surface area contributed by atoms with Gasteiger partial charge in [0, 0.05) is 22.5 Å². The van der Waals surface area contributed by atoms with Crippen molar-refractivity contribution in [2.75, 3.05) is 12.4 Å². The summed E-state index contributed by atoms with van der Waals surface area (Å²) in [4.78, 5) is 4.53. The first-order chi connectivity index (χ1) is 10.2. The van der Waals surface area contributed by atoms with Crippen molar-refractivity contribution in [3.05, 3.63) is 60.0 Å². The van der Waals surface area contributed by atoms with Crippen molar-refractivity contribution >= 4 is 22.3 Å². The first-order valence-electron chi connectivity index (χ1n) is 6.64. The molecule has 1 heterocycles. The van der Waals surface area contributed by atoms with E-state index in [2.05, 4.69) is 10.3 Å². The molecule has 0 spiro atoms. The first kappa shape index (κ1) is 13.4. The van der Waals surface area contributed by atoms with Crippen molar-refractivity contribution in [3.8, 4) is 5.75 Å². The number of nitrogens with one attached hydrogen (secondary N) is 1. The maximum atomic E-state index is 13.3. The lowest BCUT2D eigenvalue weighted by molar-refractivity contribution is 0.419. The van der Waals surface area contributed by atoms with E-state index < -0.39 is 0 Å². The van der Waals surface area contributed by atoms with Crippen LogP contribution < -0.4 is 10.1 Å². The number of para-hydroxylation sites is 1. The number of pyridine rings is 1. The monoisotopic (exact) mass is 282 g/mol. The zero-order valence-electron chi connectivity index (χ0n) is 11.9. The van der Waals surface area contributed by atoms with Crippen LogP contribution in [0.4, 0.5) is 15.8 Å². The quantitative estimate of drug-likeness (QED) is 0.771. The van der Waals surface area contributed by atoms with Crippen LogP contribution in [0.25, 0.3) is 10.9 Å². The normalized spacial score (nSPS) is 10.6. The summed E-state index contributed by atoms with van der Waals surface area (Å²) in [5.41, 5.74) is 3.23. The molecule has 3 nitrogen and oxygen atoms in total. The molecule has 2 aromatic carbocycles. The second-order valence-corrected chi connectivity index (χ2v) is 4.80. The number of halogens is 1. The van der Waals surface area contributed by atoms with Crippen LogP contribution in [-0.4, -0.2) is 12.1 Å². The van der Waals surface area contributed by atoms with Gasteiger partial charge in [-0.05, 0) is 37.3 Å². The third kappa shape index (κ3) is 2.65. The molecule has 3 aromatic rings. The maximum Gasteiger partial charge on any atom is 0.145 e. The summed E-state index contributed by atoms with van der Waals surface area (Å²) in [6, 6.07) is 14.1. The van der Waals surface area contributed by atoms with Gasteiger partial charge >= 0.3 is 0 Å². The fraction of sp³-hybridized carbons (Fsp3) is 0.118. The number of benzene rings is 2. The summed E-state index contributed by atoms with van der Waals surface area (Å²) in [6.07, 6.45) is 0. The van der Waals surface area contributed by atoms with Crippen molar-refractivity contribution in [2.24, 2.45) is 0 Å². The second-order valence-electron chi connectivity index (χ2n) is 4.80. The topological polar surface area (TPSA) is 34.1 Å². The van der Waals surface area contributed by atoms with Crippen molar-refractivity contribution in [1.29, 1.82) is 0 Å². The van der Waals surface area contributed by atoms with Gasteiger partial charge in [-0.2, -0.15) is 0 Å². The minimum atomic E-state index is -0.271. The molecule has 21 heavy (non-hydrogen) atoms. The van der Waals surface area contributed by atoms with Crippen LogP contribution in [0, 0.1) is 12.7 Å². The summed E-state index contributed by atoms with van der Waals surface area (Å²) in [6.45, 7) is 1.92. The Hall–Kier alpha value is -2.62. The number of nitrogens with zero attached hydrogens (tertiary/aromatic N) is 1. The molecule has 3 rings (SSSR count). The summed E-state index contributed by atoms with van der Waals surface area (Å²) < 4.78 is 18.7. The molecule has 1 aromatic heterocycles. The number of hydrogen-bond donors (Lipinski definition) is 1. The lowest BCUT2D eigenvalue weighted by Crippen LogP contribution is -1.96. The minimum absolute atomic E-state index is 0.271. The third-order valence-electron chi connectivity index (χ3n) is 3.25. The van der Waals surface area contributed by atoms with E-state index in [1.54, 1.807) is 13.2 Å². The highest BCUT2D eigenvalue weighted by Crippen LogP contribution is 2.31. The average molecular weight is 282 g/mol. The number of fused-ring (bicyclic) bond motifs is 1. The number of aromatic nitrogens is 1. The van der Waals surface area contributed by atoms with Crippen LogP contribution in [-0.2, 0) is 0 Å². The largest absolute Gasteiger partial charge is 0.494 e. The standard InChI is InChI=1S/C17H15FN2O/c1-11-9-15(20-13-6-3-5-12(18)10-13)14-7-4-8-16(21-2)17(14)19-11/h3-10H,1-2H3,(H,19,20). The van der Waals surface area contributed by atoms with Crippen molar-refractivity contribution in [1.82, 2.24) is 4.98 Å².